The molecule has 7 heteroatoms. The van der Waals surface area contributed by atoms with Crippen molar-refractivity contribution in [2.24, 2.45) is 0 Å². The van der Waals surface area contributed by atoms with Crippen LogP contribution in [0.25, 0.3) is 0 Å². The summed E-state index contributed by atoms with van der Waals surface area (Å²) in [6, 6.07) is 0. The molecule has 3 unspecified atom stereocenters. The molecular formula is C14H26N2O3S2. The normalized spacial score (nSPS) is 15.8. The Morgan fingerprint density at radius 1 is 1.57 bits per heavy atom. The summed E-state index contributed by atoms with van der Waals surface area (Å²) in [6.07, 6.45) is 2.91. The molecule has 122 valence electrons. The maximum absolute atomic E-state index is 11.2. The minimum Gasteiger partial charge on any atom is -0.389 e. The Kier molecular flexibility index (Phi) is 9.26. The van der Waals surface area contributed by atoms with Gasteiger partial charge in [0, 0.05) is 40.1 Å². The zero-order valence-corrected chi connectivity index (χ0v) is 14.6. The van der Waals surface area contributed by atoms with Gasteiger partial charge in [0.1, 0.15) is 0 Å². The molecule has 3 atom stereocenters. The van der Waals surface area contributed by atoms with E-state index in [1.54, 1.807) is 17.6 Å². The number of nitrogens with zero attached hydrogens (tertiary/aromatic N) is 1. The van der Waals surface area contributed by atoms with Gasteiger partial charge in [0.25, 0.3) is 0 Å². The first kappa shape index (κ1) is 18.7. The number of thiazole rings is 1. The number of nitrogens with one attached hydrogen (secondary N) is 1. The Balaban J connectivity index is 2.00. The number of aromatic nitrogens is 1. The number of hydrogen-bond donors (Lipinski definition) is 2. The fourth-order valence-corrected chi connectivity index (χ4v) is 2.96. The third-order valence-corrected chi connectivity index (χ3v) is 5.67. The highest BCUT2D eigenvalue weighted by Crippen LogP contribution is 2.12. The lowest BCUT2D eigenvalue weighted by Crippen LogP contribution is -2.32. The van der Waals surface area contributed by atoms with Gasteiger partial charge in [-0.2, -0.15) is 0 Å². The first-order chi connectivity index (χ1) is 10.0. The lowest BCUT2D eigenvalue weighted by Gasteiger charge is -2.13. The van der Waals surface area contributed by atoms with Gasteiger partial charge in [-0.25, -0.2) is 4.98 Å². The second kappa shape index (κ2) is 10.4. The predicted octanol–water partition coefficient (Wildman–Crippen LogP) is 1.12. The molecule has 0 aliphatic rings. The molecule has 1 aromatic heterocycles. The van der Waals surface area contributed by atoms with Gasteiger partial charge < -0.3 is 15.2 Å². The van der Waals surface area contributed by atoms with E-state index >= 15 is 0 Å². The highest BCUT2D eigenvalue weighted by Gasteiger charge is 2.08. The highest BCUT2D eigenvalue weighted by molar-refractivity contribution is 7.84. The van der Waals surface area contributed by atoms with Crippen molar-refractivity contribution in [3.8, 4) is 0 Å². The molecule has 1 aromatic rings. The number of hydrogen-bond acceptors (Lipinski definition) is 6. The molecule has 0 amide bonds. The predicted molar refractivity (Wildman–Crippen MR) is 88.4 cm³/mol. The summed E-state index contributed by atoms with van der Waals surface area (Å²) in [5, 5.41) is 13.1. The number of aliphatic hydroxyl groups excluding tert-OH is 1. The summed E-state index contributed by atoms with van der Waals surface area (Å²) in [6.45, 7) is 6.17. The molecule has 0 aromatic carbocycles. The van der Waals surface area contributed by atoms with Crippen LogP contribution in [0.5, 0.6) is 0 Å². The van der Waals surface area contributed by atoms with Crippen molar-refractivity contribution in [3.05, 3.63) is 16.1 Å². The average Bonchev–Trinajstić information content (AvgIpc) is 2.85. The van der Waals surface area contributed by atoms with E-state index < -0.39 is 16.9 Å². The van der Waals surface area contributed by atoms with E-state index in [0.717, 1.165) is 25.1 Å². The van der Waals surface area contributed by atoms with Gasteiger partial charge in [0.05, 0.1) is 30.5 Å². The smallest absolute Gasteiger partial charge is 0.0897 e. The molecular weight excluding hydrogens is 308 g/mol. The van der Waals surface area contributed by atoms with Crippen LogP contribution in [0.3, 0.4) is 0 Å². The molecule has 2 N–H and O–H groups in total. The Hall–Kier alpha value is -0.340. The Bertz CT molecular complexity index is 426. The highest BCUT2D eigenvalue weighted by atomic mass is 32.2. The van der Waals surface area contributed by atoms with E-state index in [1.807, 2.05) is 19.4 Å². The fourth-order valence-electron chi connectivity index (χ4n) is 1.75. The standard InChI is InChI=1S/C14H26N2O3S2/c1-11(21(3)18)4-6-15-8-13(17)9-19-7-5-14-12(2)16-10-20-14/h10-11,13,15,17H,4-9H2,1-3H3. The van der Waals surface area contributed by atoms with Crippen LogP contribution in [0.4, 0.5) is 0 Å². The first-order valence-electron chi connectivity index (χ1n) is 7.18. The maximum Gasteiger partial charge on any atom is 0.0897 e. The number of ether oxygens (including phenoxy) is 1. The van der Waals surface area contributed by atoms with Crippen molar-refractivity contribution in [1.29, 1.82) is 0 Å². The molecule has 0 bridgehead atoms. The molecule has 0 saturated carbocycles. The summed E-state index contributed by atoms with van der Waals surface area (Å²) in [5.41, 5.74) is 2.90. The monoisotopic (exact) mass is 334 g/mol. The molecule has 0 spiro atoms. The molecule has 0 radical (unpaired) electrons. The first-order valence-corrected chi connectivity index (χ1v) is 9.68. The molecule has 5 nitrogen and oxygen atoms in total. The zero-order valence-electron chi connectivity index (χ0n) is 13.0. The molecule has 1 heterocycles. The summed E-state index contributed by atoms with van der Waals surface area (Å²) >= 11 is 1.64. The van der Waals surface area contributed by atoms with Crippen molar-refractivity contribution in [1.82, 2.24) is 10.3 Å². The van der Waals surface area contributed by atoms with Gasteiger partial charge in [-0.05, 0) is 19.9 Å². The quantitative estimate of drug-likeness (QED) is 0.593. The SMILES string of the molecule is Cc1ncsc1CCOCC(O)CNCCC(C)S(C)=O. The number of aryl methyl sites for hydroxylation is 1. The summed E-state index contributed by atoms with van der Waals surface area (Å²) in [7, 11) is -0.779. The van der Waals surface area contributed by atoms with E-state index in [2.05, 4.69) is 10.3 Å². The Labute approximate surface area is 133 Å². The molecule has 0 saturated heterocycles. The lowest BCUT2D eigenvalue weighted by atomic mass is 10.3. The van der Waals surface area contributed by atoms with Crippen molar-refractivity contribution in [3.63, 3.8) is 0 Å². The van der Waals surface area contributed by atoms with Gasteiger partial charge in [-0.1, -0.05) is 6.92 Å². The van der Waals surface area contributed by atoms with Crippen LogP contribution in [0.15, 0.2) is 5.51 Å². The van der Waals surface area contributed by atoms with Gasteiger partial charge in [-0.3, -0.25) is 4.21 Å². The van der Waals surface area contributed by atoms with Crippen molar-refractivity contribution in [2.45, 2.75) is 38.0 Å². The largest absolute Gasteiger partial charge is 0.389 e. The lowest BCUT2D eigenvalue weighted by molar-refractivity contribution is 0.0386. The van der Waals surface area contributed by atoms with Gasteiger partial charge >= 0.3 is 0 Å². The second-order valence-electron chi connectivity index (χ2n) is 5.14. The third kappa shape index (κ3) is 8.01. The summed E-state index contributed by atoms with van der Waals surface area (Å²) in [4.78, 5) is 5.43. The van der Waals surface area contributed by atoms with Crippen LogP contribution in [0.1, 0.15) is 23.9 Å². The van der Waals surface area contributed by atoms with Crippen molar-refractivity contribution < 1.29 is 14.1 Å². The molecule has 1 rings (SSSR count). The third-order valence-electron chi connectivity index (χ3n) is 3.30. The zero-order chi connectivity index (χ0) is 15.7. The Morgan fingerprint density at radius 2 is 2.33 bits per heavy atom. The molecule has 0 aliphatic carbocycles. The van der Waals surface area contributed by atoms with E-state index in [1.165, 1.54) is 4.88 Å². The van der Waals surface area contributed by atoms with Crippen LogP contribution in [-0.2, 0) is 22.0 Å². The second-order valence-corrected chi connectivity index (χ2v) is 7.88. The summed E-state index contributed by atoms with van der Waals surface area (Å²) in [5.74, 6) is 0. The maximum atomic E-state index is 11.2. The number of rotatable bonds is 11. The minimum atomic E-state index is -0.779. The van der Waals surface area contributed by atoms with Gasteiger partial charge in [-0.15, -0.1) is 11.3 Å². The average molecular weight is 335 g/mol. The summed E-state index contributed by atoms with van der Waals surface area (Å²) < 4.78 is 16.7. The van der Waals surface area contributed by atoms with E-state index in [-0.39, 0.29) is 5.25 Å². The van der Waals surface area contributed by atoms with E-state index in [4.69, 9.17) is 4.74 Å². The molecule has 21 heavy (non-hydrogen) atoms. The van der Waals surface area contributed by atoms with Gasteiger partial charge in [0.15, 0.2) is 0 Å². The van der Waals surface area contributed by atoms with Crippen LogP contribution in [0.2, 0.25) is 0 Å². The van der Waals surface area contributed by atoms with E-state index in [9.17, 15) is 9.32 Å². The minimum absolute atomic E-state index is 0.188. The van der Waals surface area contributed by atoms with E-state index in [0.29, 0.717) is 19.8 Å². The van der Waals surface area contributed by atoms with Crippen LogP contribution in [-0.4, -0.2) is 58.2 Å². The fraction of sp³-hybridized carbons (Fsp3) is 0.786. The topological polar surface area (TPSA) is 71.5 Å². The van der Waals surface area contributed by atoms with Gasteiger partial charge in [0.2, 0.25) is 0 Å². The molecule has 0 aliphatic heterocycles. The van der Waals surface area contributed by atoms with Crippen molar-refractivity contribution in [2.75, 3.05) is 32.6 Å². The van der Waals surface area contributed by atoms with Crippen LogP contribution >= 0.6 is 11.3 Å². The van der Waals surface area contributed by atoms with Crippen LogP contribution < -0.4 is 5.32 Å². The Morgan fingerprint density at radius 3 is 2.95 bits per heavy atom. The van der Waals surface area contributed by atoms with Crippen molar-refractivity contribution >= 4 is 22.1 Å². The van der Waals surface area contributed by atoms with Crippen LogP contribution in [0, 0.1) is 6.92 Å². The number of aliphatic hydroxyl groups is 1. The molecule has 0 fully saturated rings.